The molecule has 0 fully saturated rings. The van der Waals surface area contributed by atoms with Crippen molar-refractivity contribution in [1.29, 1.82) is 0 Å². The molecule has 0 bridgehead atoms. The topological polar surface area (TPSA) is 80.4 Å². The van der Waals surface area contributed by atoms with Crippen LogP contribution in [0.25, 0.3) is 11.1 Å². The van der Waals surface area contributed by atoms with Gasteiger partial charge < -0.3 is 4.42 Å². The highest BCUT2D eigenvalue weighted by Gasteiger charge is 2.38. The largest absolute Gasteiger partial charge is 0.443 e. The third kappa shape index (κ3) is 2.77. The van der Waals surface area contributed by atoms with Crippen LogP contribution >= 0.6 is 23.2 Å². The van der Waals surface area contributed by atoms with Crippen molar-refractivity contribution in [3.8, 4) is 0 Å². The Balaban J connectivity index is 2.15. The number of fused-ring (bicyclic) bond motifs is 1. The molecule has 0 aliphatic carbocycles. The first kappa shape index (κ1) is 13.6. The molecule has 8 heteroatoms. The van der Waals surface area contributed by atoms with E-state index in [4.69, 9.17) is 32.2 Å². The van der Waals surface area contributed by atoms with Crippen LogP contribution in [0.5, 0.6) is 0 Å². The summed E-state index contributed by atoms with van der Waals surface area (Å²) < 4.78 is 33.6. The summed E-state index contributed by atoms with van der Waals surface area (Å²) in [6.45, 7) is 0. The minimum atomic E-state index is -4.51. The summed E-state index contributed by atoms with van der Waals surface area (Å²) in [5.41, 5.74) is 2.08. The number of halogens is 2. The maximum Gasteiger partial charge on any atom is 0.299 e. The molecule has 98 valence electrons. The normalized spacial score (nSPS) is 13.1. The van der Waals surface area contributed by atoms with Crippen LogP contribution in [0.15, 0.2) is 29.0 Å². The van der Waals surface area contributed by atoms with Gasteiger partial charge in [-0.05, 0) is 24.1 Å². The molecule has 1 N–H and O–H groups in total. The number of hydrogen-bond donors (Lipinski definition) is 1. The van der Waals surface area contributed by atoms with Crippen LogP contribution in [0, 0.1) is 0 Å². The van der Waals surface area contributed by atoms with E-state index in [9.17, 15) is 8.42 Å². The zero-order chi connectivity index (χ0) is 13.4. The van der Waals surface area contributed by atoms with Crippen LogP contribution in [0.2, 0.25) is 0 Å². The molecule has 2 aromatic rings. The lowest BCUT2D eigenvalue weighted by atomic mass is 10.1. The van der Waals surface area contributed by atoms with E-state index < -0.39 is 13.8 Å². The molecule has 1 aromatic carbocycles. The molecule has 18 heavy (non-hydrogen) atoms. The van der Waals surface area contributed by atoms with Crippen molar-refractivity contribution in [3.05, 3.63) is 30.2 Å². The van der Waals surface area contributed by atoms with Crippen molar-refractivity contribution >= 4 is 44.4 Å². The fourth-order valence-corrected chi connectivity index (χ4v) is 2.02. The predicted molar refractivity (Wildman–Crippen MR) is 68.3 cm³/mol. The lowest BCUT2D eigenvalue weighted by molar-refractivity contribution is 0.471. The Morgan fingerprint density at radius 2 is 2.11 bits per heavy atom. The Labute approximate surface area is 113 Å². The van der Waals surface area contributed by atoms with Gasteiger partial charge in [0.05, 0.1) is 0 Å². The predicted octanol–water partition coefficient (Wildman–Crippen LogP) is 2.78. The Morgan fingerprint density at radius 1 is 1.39 bits per heavy atom. The van der Waals surface area contributed by atoms with Crippen LogP contribution in [-0.4, -0.2) is 21.6 Å². The molecule has 2 rings (SSSR count). The van der Waals surface area contributed by atoms with Crippen molar-refractivity contribution in [3.63, 3.8) is 0 Å². The van der Waals surface area contributed by atoms with E-state index in [2.05, 4.69) is 4.98 Å². The van der Waals surface area contributed by atoms with Gasteiger partial charge in [-0.15, -0.1) is 0 Å². The van der Waals surface area contributed by atoms with Crippen LogP contribution in [0.1, 0.15) is 12.0 Å². The SMILES string of the molecule is O=S(=O)(O)C(Cl)(Cl)CCc1ccc2ncoc2c1. The number of nitrogens with zero attached hydrogens (tertiary/aromatic N) is 1. The summed E-state index contributed by atoms with van der Waals surface area (Å²) in [7, 11) is -4.51. The molecular weight excluding hydrogens is 301 g/mol. The van der Waals surface area contributed by atoms with E-state index in [1.807, 2.05) is 0 Å². The second kappa shape index (κ2) is 4.70. The molecule has 0 aliphatic rings. The molecule has 5 nitrogen and oxygen atoms in total. The third-order valence-corrected chi connectivity index (χ3v) is 4.98. The monoisotopic (exact) mass is 309 g/mol. The molecule has 0 amide bonds. The number of aromatic nitrogens is 1. The van der Waals surface area contributed by atoms with Crippen molar-refractivity contribution in [2.45, 2.75) is 16.5 Å². The number of alkyl halides is 2. The summed E-state index contributed by atoms with van der Waals surface area (Å²) in [6, 6.07) is 5.22. The van der Waals surface area contributed by atoms with Gasteiger partial charge in [0.25, 0.3) is 10.1 Å². The highest BCUT2D eigenvalue weighted by Crippen LogP contribution is 2.32. The highest BCUT2D eigenvalue weighted by atomic mass is 35.5. The molecule has 0 atom stereocenters. The fourth-order valence-electron chi connectivity index (χ4n) is 1.47. The minimum Gasteiger partial charge on any atom is -0.443 e. The second-order valence-electron chi connectivity index (χ2n) is 3.77. The summed E-state index contributed by atoms with van der Waals surface area (Å²) in [4.78, 5) is 3.95. The second-order valence-corrected chi connectivity index (χ2v) is 7.35. The minimum absolute atomic E-state index is 0.130. The molecule has 0 spiro atoms. The van der Waals surface area contributed by atoms with Crippen LogP contribution in [0.4, 0.5) is 0 Å². The van der Waals surface area contributed by atoms with E-state index >= 15 is 0 Å². The van der Waals surface area contributed by atoms with Crippen LogP contribution in [0.3, 0.4) is 0 Å². The van der Waals surface area contributed by atoms with E-state index in [0.29, 0.717) is 11.1 Å². The Kier molecular flexibility index (Phi) is 3.55. The van der Waals surface area contributed by atoms with Gasteiger partial charge in [0, 0.05) is 6.42 Å². The number of benzene rings is 1. The first-order valence-corrected chi connectivity index (χ1v) is 7.16. The molecule has 0 saturated heterocycles. The van der Waals surface area contributed by atoms with Gasteiger partial charge in [-0.2, -0.15) is 8.42 Å². The van der Waals surface area contributed by atoms with Gasteiger partial charge >= 0.3 is 0 Å². The number of hydrogen-bond acceptors (Lipinski definition) is 4. The zero-order valence-electron chi connectivity index (χ0n) is 9.01. The summed E-state index contributed by atoms with van der Waals surface area (Å²) in [6.07, 6.45) is 1.47. The zero-order valence-corrected chi connectivity index (χ0v) is 11.3. The summed E-state index contributed by atoms with van der Waals surface area (Å²) >= 11 is 11.1. The fraction of sp³-hybridized carbons (Fsp3) is 0.300. The average molecular weight is 310 g/mol. The van der Waals surface area contributed by atoms with Gasteiger partial charge in [0.1, 0.15) is 5.52 Å². The molecular formula is C10H9Cl2NO4S. The lowest BCUT2D eigenvalue weighted by Crippen LogP contribution is -2.26. The molecule has 0 aliphatic heterocycles. The number of oxazole rings is 1. The van der Waals surface area contributed by atoms with Gasteiger partial charge in [0.2, 0.25) is 3.67 Å². The van der Waals surface area contributed by atoms with Crippen LogP contribution in [-0.2, 0) is 16.5 Å². The number of rotatable bonds is 4. The Hall–Kier alpha value is -0.820. The van der Waals surface area contributed by atoms with Gasteiger partial charge in [0.15, 0.2) is 12.0 Å². The molecule has 0 radical (unpaired) electrons. The van der Waals surface area contributed by atoms with Crippen molar-refractivity contribution in [1.82, 2.24) is 4.98 Å². The highest BCUT2D eigenvalue weighted by molar-refractivity contribution is 7.90. The van der Waals surface area contributed by atoms with Gasteiger partial charge in [-0.1, -0.05) is 29.3 Å². The Morgan fingerprint density at radius 3 is 2.78 bits per heavy atom. The smallest absolute Gasteiger partial charge is 0.299 e. The molecule has 1 aromatic heterocycles. The van der Waals surface area contributed by atoms with Crippen molar-refractivity contribution in [2.75, 3.05) is 0 Å². The van der Waals surface area contributed by atoms with Crippen molar-refractivity contribution in [2.24, 2.45) is 0 Å². The van der Waals surface area contributed by atoms with Crippen LogP contribution < -0.4 is 0 Å². The van der Waals surface area contributed by atoms with E-state index in [1.54, 1.807) is 18.2 Å². The molecule has 0 unspecified atom stereocenters. The average Bonchev–Trinajstić information content (AvgIpc) is 2.71. The third-order valence-electron chi connectivity index (χ3n) is 2.48. The quantitative estimate of drug-likeness (QED) is 0.694. The molecule has 1 heterocycles. The Bertz CT molecular complexity index is 665. The van der Waals surface area contributed by atoms with Gasteiger partial charge in [-0.3, -0.25) is 4.55 Å². The first-order valence-electron chi connectivity index (χ1n) is 4.96. The van der Waals surface area contributed by atoms with E-state index in [0.717, 1.165) is 5.56 Å². The van der Waals surface area contributed by atoms with E-state index in [1.165, 1.54) is 6.39 Å². The summed E-state index contributed by atoms with van der Waals surface area (Å²) in [5, 5.41) is 0. The maximum absolute atomic E-state index is 10.9. The maximum atomic E-state index is 10.9. The van der Waals surface area contributed by atoms with E-state index in [-0.39, 0.29) is 12.8 Å². The number of aryl methyl sites for hydroxylation is 1. The first-order chi connectivity index (χ1) is 8.29. The van der Waals surface area contributed by atoms with Gasteiger partial charge in [-0.25, -0.2) is 4.98 Å². The standard InChI is InChI=1S/C10H9Cl2NO4S/c11-10(12,18(14,15)16)4-3-7-1-2-8-9(5-7)17-6-13-8/h1-2,5-6H,3-4H2,(H,14,15,16). The molecule has 0 saturated carbocycles. The lowest BCUT2D eigenvalue weighted by Gasteiger charge is -2.15. The van der Waals surface area contributed by atoms with Crippen molar-refractivity contribution < 1.29 is 17.4 Å². The summed E-state index contributed by atoms with van der Waals surface area (Å²) in [5.74, 6) is 0.